The van der Waals surface area contributed by atoms with E-state index in [1.165, 1.54) is 0 Å². The van der Waals surface area contributed by atoms with Crippen LogP contribution in [0.1, 0.15) is 36.1 Å². The summed E-state index contributed by atoms with van der Waals surface area (Å²) in [5.74, 6) is -0.314. The van der Waals surface area contributed by atoms with Gasteiger partial charge in [-0.3, -0.25) is 9.59 Å². The van der Waals surface area contributed by atoms with Gasteiger partial charge in [0.1, 0.15) is 6.04 Å². The van der Waals surface area contributed by atoms with Crippen molar-refractivity contribution in [2.24, 2.45) is 0 Å². The van der Waals surface area contributed by atoms with Crippen LogP contribution < -0.4 is 5.32 Å². The lowest BCUT2D eigenvalue weighted by Crippen LogP contribution is -2.52. The van der Waals surface area contributed by atoms with E-state index in [1.54, 1.807) is 17.0 Å². The number of nitrogens with one attached hydrogen (secondary N) is 1. The molecule has 0 aliphatic carbocycles. The van der Waals surface area contributed by atoms with Crippen molar-refractivity contribution in [1.82, 2.24) is 10.2 Å². The molecule has 1 atom stereocenters. The zero-order valence-electron chi connectivity index (χ0n) is 19.7. The minimum absolute atomic E-state index is 0.0511. The van der Waals surface area contributed by atoms with Crippen LogP contribution in [0, 0.1) is 6.92 Å². The fourth-order valence-electron chi connectivity index (χ4n) is 3.75. The summed E-state index contributed by atoms with van der Waals surface area (Å²) in [6.45, 7) is 6.07. The van der Waals surface area contributed by atoms with Gasteiger partial charge in [0.2, 0.25) is 11.8 Å². The first-order valence-corrected chi connectivity index (χ1v) is 12.1. The Bertz CT molecular complexity index is 1120. The van der Waals surface area contributed by atoms with Gasteiger partial charge in [0.15, 0.2) is 0 Å². The minimum Gasteiger partial charge on any atom is -0.352 e. The quantitative estimate of drug-likeness (QED) is 0.394. The SMILES string of the molecule is Cc1ccc(CC(=O)N(Cc2ccc(Cl)c(Cl)c2)[C@H](Cc2ccccc2)C(=O)NC(C)C)cc1. The number of rotatable bonds is 9. The molecule has 1 N–H and O–H groups in total. The maximum Gasteiger partial charge on any atom is 0.243 e. The van der Waals surface area contributed by atoms with Crippen LogP contribution >= 0.6 is 23.2 Å². The van der Waals surface area contributed by atoms with Crippen molar-refractivity contribution in [3.8, 4) is 0 Å². The van der Waals surface area contributed by atoms with Crippen LogP contribution in [0.25, 0.3) is 0 Å². The van der Waals surface area contributed by atoms with Crippen LogP contribution in [0.15, 0.2) is 72.8 Å². The molecule has 6 heteroatoms. The van der Waals surface area contributed by atoms with Crippen LogP contribution in [-0.2, 0) is 29.0 Å². The third kappa shape index (κ3) is 7.34. The van der Waals surface area contributed by atoms with Crippen LogP contribution in [0.2, 0.25) is 10.0 Å². The lowest BCUT2D eigenvalue weighted by molar-refractivity contribution is -0.141. The molecule has 0 bridgehead atoms. The molecular formula is C28H30Cl2N2O2. The standard InChI is InChI=1S/C28H30Cl2N2O2/c1-19(2)31-28(34)26(16-21-7-5-4-6-8-21)32(18-23-13-14-24(29)25(30)15-23)27(33)17-22-11-9-20(3)10-12-22/h4-15,19,26H,16-18H2,1-3H3,(H,31,34)/t26-/m1/s1. The van der Waals surface area contributed by atoms with E-state index in [4.69, 9.17) is 23.2 Å². The minimum atomic E-state index is -0.683. The zero-order chi connectivity index (χ0) is 24.7. The number of halogens is 2. The summed E-state index contributed by atoms with van der Waals surface area (Å²) in [4.78, 5) is 28.7. The van der Waals surface area contributed by atoms with Crippen molar-refractivity contribution in [2.45, 2.75) is 52.2 Å². The average molecular weight is 497 g/mol. The summed E-state index contributed by atoms with van der Waals surface area (Å²) in [7, 11) is 0. The van der Waals surface area contributed by atoms with Gasteiger partial charge in [0.05, 0.1) is 16.5 Å². The van der Waals surface area contributed by atoms with Crippen molar-refractivity contribution in [2.75, 3.05) is 0 Å². The van der Waals surface area contributed by atoms with E-state index in [9.17, 15) is 9.59 Å². The Hall–Kier alpha value is -2.82. The fraction of sp³-hybridized carbons (Fsp3) is 0.286. The molecule has 3 aromatic rings. The lowest BCUT2D eigenvalue weighted by Gasteiger charge is -2.32. The molecular weight excluding hydrogens is 467 g/mol. The molecule has 0 heterocycles. The smallest absolute Gasteiger partial charge is 0.243 e. The Morgan fingerprint density at radius 2 is 1.50 bits per heavy atom. The molecule has 3 aromatic carbocycles. The molecule has 2 amide bonds. The number of carbonyl (C=O) groups is 2. The van der Waals surface area contributed by atoms with Gasteiger partial charge in [-0.05, 0) is 49.6 Å². The number of amides is 2. The highest BCUT2D eigenvalue weighted by Crippen LogP contribution is 2.24. The molecule has 0 saturated carbocycles. The molecule has 0 unspecified atom stereocenters. The molecule has 0 spiro atoms. The summed E-state index contributed by atoms with van der Waals surface area (Å²) >= 11 is 12.3. The number of carbonyl (C=O) groups excluding carboxylic acids is 2. The van der Waals surface area contributed by atoms with Crippen molar-refractivity contribution < 1.29 is 9.59 Å². The second kappa shape index (κ2) is 12.0. The number of hydrogen-bond donors (Lipinski definition) is 1. The first-order chi connectivity index (χ1) is 16.2. The topological polar surface area (TPSA) is 49.4 Å². The molecule has 178 valence electrons. The van der Waals surface area contributed by atoms with E-state index < -0.39 is 6.04 Å². The summed E-state index contributed by atoms with van der Waals surface area (Å²) in [6.07, 6.45) is 0.599. The number of nitrogens with zero attached hydrogens (tertiary/aromatic N) is 1. The Kier molecular flexibility index (Phi) is 9.14. The monoisotopic (exact) mass is 496 g/mol. The third-order valence-corrected chi connectivity index (χ3v) is 6.25. The molecule has 0 aliphatic heterocycles. The predicted octanol–water partition coefficient (Wildman–Crippen LogP) is 6.01. The van der Waals surface area contributed by atoms with Crippen LogP contribution in [0.4, 0.5) is 0 Å². The molecule has 0 saturated heterocycles. The largest absolute Gasteiger partial charge is 0.352 e. The van der Waals surface area contributed by atoms with E-state index >= 15 is 0 Å². The van der Waals surface area contributed by atoms with Crippen LogP contribution in [0.5, 0.6) is 0 Å². The van der Waals surface area contributed by atoms with Crippen molar-refractivity contribution in [3.05, 3.63) is 105 Å². The van der Waals surface area contributed by atoms with Crippen molar-refractivity contribution >= 4 is 35.0 Å². The molecule has 34 heavy (non-hydrogen) atoms. The van der Waals surface area contributed by atoms with E-state index in [-0.39, 0.29) is 30.8 Å². The molecule has 4 nitrogen and oxygen atoms in total. The first kappa shape index (κ1) is 25.8. The molecule has 0 aliphatic rings. The predicted molar refractivity (Wildman–Crippen MR) is 139 cm³/mol. The van der Waals surface area contributed by atoms with Gasteiger partial charge in [-0.15, -0.1) is 0 Å². The molecule has 0 aromatic heterocycles. The van der Waals surface area contributed by atoms with Gasteiger partial charge >= 0.3 is 0 Å². The van der Waals surface area contributed by atoms with Gasteiger partial charge in [-0.1, -0.05) is 89.4 Å². The summed E-state index contributed by atoms with van der Waals surface area (Å²) in [5.41, 5.74) is 3.82. The van der Waals surface area contributed by atoms with Gasteiger partial charge < -0.3 is 10.2 Å². The van der Waals surface area contributed by atoms with E-state index in [2.05, 4.69) is 5.32 Å². The maximum absolute atomic E-state index is 13.7. The van der Waals surface area contributed by atoms with Crippen molar-refractivity contribution in [3.63, 3.8) is 0 Å². The van der Waals surface area contributed by atoms with Gasteiger partial charge in [-0.2, -0.15) is 0 Å². The zero-order valence-corrected chi connectivity index (χ0v) is 21.2. The Balaban J connectivity index is 1.98. The maximum atomic E-state index is 13.7. The third-order valence-electron chi connectivity index (χ3n) is 5.51. The second-order valence-corrected chi connectivity index (χ2v) is 9.62. The van der Waals surface area contributed by atoms with E-state index in [0.717, 1.165) is 22.3 Å². The van der Waals surface area contributed by atoms with E-state index in [0.29, 0.717) is 16.5 Å². The average Bonchev–Trinajstić information content (AvgIpc) is 2.80. The number of benzene rings is 3. The molecule has 3 rings (SSSR count). The Morgan fingerprint density at radius 3 is 2.12 bits per heavy atom. The molecule has 0 radical (unpaired) electrons. The normalized spacial score (nSPS) is 11.8. The highest BCUT2D eigenvalue weighted by atomic mass is 35.5. The molecule has 0 fully saturated rings. The lowest BCUT2D eigenvalue weighted by atomic mass is 10.0. The highest BCUT2D eigenvalue weighted by molar-refractivity contribution is 6.42. The number of aryl methyl sites for hydroxylation is 1. The fourth-order valence-corrected chi connectivity index (χ4v) is 4.07. The van der Waals surface area contributed by atoms with Gasteiger partial charge in [0, 0.05) is 19.0 Å². The summed E-state index contributed by atoms with van der Waals surface area (Å²) < 4.78 is 0. The summed E-state index contributed by atoms with van der Waals surface area (Å²) in [6, 6.07) is 22.2. The van der Waals surface area contributed by atoms with Crippen LogP contribution in [-0.4, -0.2) is 28.8 Å². The number of hydrogen-bond acceptors (Lipinski definition) is 2. The van der Waals surface area contributed by atoms with E-state index in [1.807, 2.05) is 81.4 Å². The van der Waals surface area contributed by atoms with Gasteiger partial charge in [0.25, 0.3) is 0 Å². The van der Waals surface area contributed by atoms with Crippen LogP contribution in [0.3, 0.4) is 0 Å². The van der Waals surface area contributed by atoms with Crippen molar-refractivity contribution in [1.29, 1.82) is 0 Å². The summed E-state index contributed by atoms with van der Waals surface area (Å²) in [5, 5.41) is 3.86. The van der Waals surface area contributed by atoms with Gasteiger partial charge in [-0.25, -0.2) is 0 Å². The first-order valence-electron chi connectivity index (χ1n) is 11.4. The Morgan fingerprint density at radius 1 is 0.853 bits per heavy atom. The highest BCUT2D eigenvalue weighted by Gasteiger charge is 2.30. The Labute approximate surface area is 211 Å². The second-order valence-electron chi connectivity index (χ2n) is 8.80.